The number of phosphoric acid groups is 2. The summed E-state index contributed by atoms with van der Waals surface area (Å²) in [5.74, 6) is -3.65. The van der Waals surface area contributed by atoms with Gasteiger partial charge in [0.1, 0.15) is 0 Å². The monoisotopic (exact) mass is 422 g/mol. The molecule has 14 nitrogen and oxygen atoms in total. The van der Waals surface area contributed by atoms with Gasteiger partial charge in [0.25, 0.3) is 0 Å². The molecule has 0 heterocycles. The molecule has 0 fully saturated rings. The Labute approximate surface area is 149 Å². The second kappa shape index (κ2) is 13.3. The fourth-order valence-electron chi connectivity index (χ4n) is 1.12. The zero-order chi connectivity index (χ0) is 20.1. The van der Waals surface area contributed by atoms with Gasteiger partial charge in [-0.05, 0) is 0 Å². The van der Waals surface area contributed by atoms with E-state index in [2.05, 4.69) is 9.05 Å². The zero-order valence-corrected chi connectivity index (χ0v) is 15.7. The topological polar surface area (TPSA) is 228 Å². The van der Waals surface area contributed by atoms with E-state index in [4.69, 9.17) is 41.0 Å². The fourth-order valence-corrected chi connectivity index (χ4v) is 3.35. The van der Waals surface area contributed by atoms with Crippen molar-refractivity contribution in [2.45, 2.75) is 0 Å². The Hall–Kier alpha value is -0.920. The van der Waals surface area contributed by atoms with Gasteiger partial charge in [-0.1, -0.05) is 0 Å². The minimum atomic E-state index is -4.49. The molecule has 0 aliphatic carbocycles. The van der Waals surface area contributed by atoms with Gasteiger partial charge in [0.05, 0.1) is 26.4 Å². The lowest BCUT2D eigenvalue weighted by Gasteiger charge is -2.18. The van der Waals surface area contributed by atoms with Crippen LogP contribution in [0.4, 0.5) is 0 Å². The predicted octanol–water partition coefficient (Wildman–Crippen LogP) is -1.81. The van der Waals surface area contributed by atoms with Gasteiger partial charge in [-0.25, -0.2) is 18.7 Å². The molecule has 8 N–H and O–H groups in total. The number of hydrogen-bond donors (Lipinski definition) is 4. The second-order valence-corrected chi connectivity index (χ2v) is 7.33. The van der Waals surface area contributed by atoms with Crippen LogP contribution in [0.1, 0.15) is 0 Å². The van der Waals surface area contributed by atoms with Gasteiger partial charge >= 0.3 is 27.6 Å². The maximum absolute atomic E-state index is 12.2. The Balaban J connectivity index is 4.98. The van der Waals surface area contributed by atoms with Gasteiger partial charge in [0, 0.05) is 26.2 Å². The maximum atomic E-state index is 12.2. The molecule has 0 unspecified atom stereocenters. The molecule has 0 aromatic heterocycles. The highest BCUT2D eigenvalue weighted by Gasteiger charge is 2.39. The van der Waals surface area contributed by atoms with Gasteiger partial charge in [-0.3, -0.25) is 18.1 Å². The van der Waals surface area contributed by atoms with E-state index < -0.39 is 27.6 Å². The summed E-state index contributed by atoms with van der Waals surface area (Å²) in [5.41, 5.74) is 20.7. The molecule has 0 saturated heterocycles. The maximum Gasteiger partial charge on any atom is 0.532 e. The van der Waals surface area contributed by atoms with E-state index in [1.165, 1.54) is 0 Å². The number of nitrogens with two attached hydrogens (primary N) is 4. The first kappa shape index (κ1) is 25.1. The smallest absolute Gasteiger partial charge is 0.362 e. The van der Waals surface area contributed by atoms with E-state index in [0.29, 0.717) is 0 Å². The van der Waals surface area contributed by atoms with Crippen LogP contribution in [-0.2, 0) is 45.9 Å². The molecule has 0 aliphatic heterocycles. The normalized spacial score (nSPS) is 12.0. The highest BCUT2D eigenvalue weighted by molar-refractivity contribution is 7.50. The summed E-state index contributed by atoms with van der Waals surface area (Å²) in [6.45, 7) is -1.52. The van der Waals surface area contributed by atoms with Gasteiger partial charge in [-0.2, -0.15) is 0 Å². The lowest BCUT2D eigenvalue weighted by molar-refractivity contribution is -0.158. The van der Waals surface area contributed by atoms with Crippen molar-refractivity contribution >= 4 is 27.6 Å². The van der Waals surface area contributed by atoms with Crippen molar-refractivity contribution in [2.24, 2.45) is 22.9 Å². The summed E-state index contributed by atoms with van der Waals surface area (Å²) in [4.78, 5) is 23.5. The number of hydrogen-bond acceptors (Lipinski definition) is 14. The van der Waals surface area contributed by atoms with E-state index in [-0.39, 0.29) is 52.6 Å². The first-order valence-corrected chi connectivity index (χ1v) is 10.2. The Morgan fingerprint density at radius 2 is 0.808 bits per heavy atom. The summed E-state index contributed by atoms with van der Waals surface area (Å²) in [6.07, 6.45) is 0. The molecule has 0 aromatic carbocycles. The summed E-state index contributed by atoms with van der Waals surface area (Å²) in [6, 6.07) is 0. The van der Waals surface area contributed by atoms with Crippen LogP contribution >= 0.6 is 15.6 Å². The van der Waals surface area contributed by atoms with E-state index in [1.54, 1.807) is 0 Å². The van der Waals surface area contributed by atoms with Gasteiger partial charge in [-0.15, -0.1) is 0 Å². The molecule has 26 heavy (non-hydrogen) atoms. The van der Waals surface area contributed by atoms with Crippen LogP contribution in [-0.4, -0.2) is 64.5 Å². The van der Waals surface area contributed by atoms with Crippen LogP contribution in [0, 0.1) is 0 Å². The highest BCUT2D eigenvalue weighted by atomic mass is 31.2. The van der Waals surface area contributed by atoms with Crippen molar-refractivity contribution < 1.29 is 45.9 Å². The van der Waals surface area contributed by atoms with Crippen molar-refractivity contribution in [3.8, 4) is 0 Å². The molecule has 0 bridgehead atoms. The Bertz CT molecular complexity index is 464. The molecule has 0 aromatic rings. The summed E-state index contributed by atoms with van der Waals surface area (Å²) in [5, 5.41) is 0. The third-order valence-electron chi connectivity index (χ3n) is 2.03. The molecule has 0 aliphatic rings. The molecule has 0 radical (unpaired) electrons. The molecule has 0 amide bonds. The van der Waals surface area contributed by atoms with Crippen LogP contribution in [0.25, 0.3) is 0 Å². The Morgan fingerprint density at radius 1 is 0.577 bits per heavy atom. The minimum absolute atomic E-state index is 0.0764. The van der Waals surface area contributed by atoms with E-state index in [1.807, 2.05) is 0 Å². The number of carbonyl (C=O) groups excluding carboxylic acids is 2. The number of carbonyl (C=O) groups is 2. The minimum Gasteiger partial charge on any atom is -0.362 e. The summed E-state index contributed by atoms with van der Waals surface area (Å²) in [7, 11) is -8.98. The van der Waals surface area contributed by atoms with Gasteiger partial charge in [0.2, 0.25) is 0 Å². The van der Waals surface area contributed by atoms with Crippen LogP contribution < -0.4 is 22.9 Å². The highest BCUT2D eigenvalue weighted by Crippen LogP contribution is 2.51. The summed E-state index contributed by atoms with van der Waals surface area (Å²) >= 11 is 0. The number of rotatable bonds is 14. The van der Waals surface area contributed by atoms with Gasteiger partial charge in [0.15, 0.2) is 0 Å². The molecular weight excluding hydrogens is 398 g/mol. The number of phosphoric ester groups is 2. The van der Waals surface area contributed by atoms with Gasteiger partial charge < -0.3 is 32.0 Å². The average molecular weight is 422 g/mol. The van der Waals surface area contributed by atoms with Crippen LogP contribution in [0.5, 0.6) is 0 Å². The Morgan fingerprint density at radius 3 is 1.00 bits per heavy atom. The lowest BCUT2D eigenvalue weighted by Crippen LogP contribution is -2.23. The molecule has 0 saturated carbocycles. The average Bonchev–Trinajstić information content (AvgIpc) is 2.61. The van der Waals surface area contributed by atoms with Crippen molar-refractivity contribution in [1.29, 1.82) is 0 Å². The first-order chi connectivity index (χ1) is 12.3. The standard InChI is InChI=1S/C10H24N4O10P2/c11-1-5-19-25(17,20-6-2-12)23-9(15)10(16)24-26(18,21-7-3-13)22-8-4-14/h1-8,11-14H2. The van der Waals surface area contributed by atoms with E-state index in [0.717, 1.165) is 0 Å². The van der Waals surface area contributed by atoms with Crippen LogP contribution in [0.3, 0.4) is 0 Å². The lowest BCUT2D eigenvalue weighted by atomic mass is 10.7. The SMILES string of the molecule is NCCOP(=O)(OCCN)OC(=O)C(=O)OP(=O)(OCCN)OCCN. The third kappa shape index (κ3) is 10.3. The third-order valence-corrected chi connectivity index (χ3v) is 4.80. The molecule has 154 valence electrons. The Kier molecular flexibility index (Phi) is 12.8. The van der Waals surface area contributed by atoms with E-state index in [9.17, 15) is 18.7 Å². The van der Waals surface area contributed by atoms with E-state index >= 15 is 0 Å². The quantitative estimate of drug-likeness (QED) is 0.179. The summed E-state index contributed by atoms with van der Waals surface area (Å²) < 4.78 is 51.9. The second-order valence-electron chi connectivity index (χ2n) is 4.14. The van der Waals surface area contributed by atoms with Crippen LogP contribution in [0.15, 0.2) is 0 Å². The molecule has 16 heteroatoms. The van der Waals surface area contributed by atoms with Crippen molar-refractivity contribution in [2.75, 3.05) is 52.6 Å². The van der Waals surface area contributed by atoms with Crippen molar-refractivity contribution in [1.82, 2.24) is 0 Å². The molecular formula is C10H24N4O10P2. The van der Waals surface area contributed by atoms with Crippen molar-refractivity contribution in [3.05, 3.63) is 0 Å². The molecule has 0 atom stereocenters. The molecule has 0 spiro atoms. The van der Waals surface area contributed by atoms with Crippen LogP contribution in [0.2, 0.25) is 0 Å². The first-order valence-electron chi connectivity index (χ1n) is 7.31. The largest absolute Gasteiger partial charge is 0.532 e. The fraction of sp³-hybridized carbons (Fsp3) is 0.800. The zero-order valence-electron chi connectivity index (χ0n) is 13.9. The molecule has 0 rings (SSSR count). The van der Waals surface area contributed by atoms with Crippen molar-refractivity contribution in [3.63, 3.8) is 0 Å². The predicted molar refractivity (Wildman–Crippen MR) is 87.4 cm³/mol.